The highest BCUT2D eigenvalue weighted by molar-refractivity contribution is 6.51. The minimum absolute atomic E-state index is 0.283. The third-order valence-electron chi connectivity index (χ3n) is 4.92. The van der Waals surface area contributed by atoms with Gasteiger partial charge in [-0.1, -0.05) is 12.1 Å². The predicted octanol–water partition coefficient (Wildman–Crippen LogP) is 2.95. The molecule has 2 fully saturated rings. The molecule has 0 bridgehead atoms. The molecule has 21 heavy (non-hydrogen) atoms. The molecule has 5 nitrogen and oxygen atoms in total. The van der Waals surface area contributed by atoms with E-state index in [1.54, 1.807) is 0 Å². The van der Waals surface area contributed by atoms with E-state index >= 15 is 0 Å². The Bertz CT molecular complexity index is 398. The van der Waals surface area contributed by atoms with Gasteiger partial charge in [0.05, 0.1) is 11.2 Å². The Kier molecular flexibility index (Phi) is 4.68. The Morgan fingerprint density at radius 2 is 1.76 bits per heavy atom. The second-order valence-electron chi connectivity index (χ2n) is 7.00. The van der Waals surface area contributed by atoms with E-state index in [4.69, 9.17) is 14.4 Å². The summed E-state index contributed by atoms with van der Waals surface area (Å²) < 4.78 is 11.8. The first kappa shape index (κ1) is 16.4. The van der Waals surface area contributed by atoms with Gasteiger partial charge in [-0.25, -0.2) is 4.79 Å². The van der Waals surface area contributed by atoms with Crippen LogP contribution in [0.3, 0.4) is 0 Å². The lowest BCUT2D eigenvalue weighted by Gasteiger charge is -2.32. The number of nitrogens with zero attached hydrogens (tertiary/aromatic N) is 1. The zero-order chi connectivity index (χ0) is 15.7. The minimum Gasteiger partial charge on any atom is -0.465 e. The number of hydrogen-bond donors (Lipinski definition) is 1. The standard InChI is InChI=1S/C15H26BNO4/c1-14(2)15(3,4)21-16(20-14)9-5-6-12-7-10-17(11-8-12)13(18)19/h5,9,12H,6-8,10-11H2,1-4H3,(H,18,19)/b9-5+. The molecule has 1 amide bonds. The summed E-state index contributed by atoms with van der Waals surface area (Å²) in [6, 6.07) is 0. The number of carbonyl (C=O) groups is 1. The van der Waals surface area contributed by atoms with Gasteiger partial charge in [0.2, 0.25) is 0 Å². The average molecular weight is 295 g/mol. The lowest BCUT2D eigenvalue weighted by atomic mass is 9.87. The molecule has 2 aliphatic rings. The smallest absolute Gasteiger partial charge is 0.465 e. The van der Waals surface area contributed by atoms with Crippen LogP contribution in [0.4, 0.5) is 4.79 Å². The van der Waals surface area contributed by atoms with E-state index in [2.05, 4.69) is 6.08 Å². The largest absolute Gasteiger partial charge is 0.486 e. The van der Waals surface area contributed by atoms with Crippen LogP contribution >= 0.6 is 0 Å². The molecule has 0 aromatic carbocycles. The Morgan fingerprint density at radius 3 is 2.24 bits per heavy atom. The van der Waals surface area contributed by atoms with E-state index in [0.29, 0.717) is 19.0 Å². The maximum absolute atomic E-state index is 10.8. The van der Waals surface area contributed by atoms with Crippen LogP contribution < -0.4 is 0 Å². The monoisotopic (exact) mass is 295 g/mol. The van der Waals surface area contributed by atoms with Crippen molar-refractivity contribution in [3.05, 3.63) is 12.1 Å². The van der Waals surface area contributed by atoms with Crippen LogP contribution in [-0.2, 0) is 9.31 Å². The van der Waals surface area contributed by atoms with Gasteiger partial charge in [-0.2, -0.15) is 0 Å². The quantitative estimate of drug-likeness (QED) is 0.813. The lowest BCUT2D eigenvalue weighted by Crippen LogP contribution is -2.41. The molecular formula is C15H26BNO4. The molecule has 118 valence electrons. The normalized spacial score (nSPS) is 25.7. The van der Waals surface area contributed by atoms with Crippen LogP contribution in [0.25, 0.3) is 0 Å². The van der Waals surface area contributed by atoms with Gasteiger partial charge in [-0.15, -0.1) is 0 Å². The average Bonchev–Trinajstić information content (AvgIpc) is 2.58. The van der Waals surface area contributed by atoms with Crippen molar-refractivity contribution >= 4 is 13.2 Å². The van der Waals surface area contributed by atoms with Crippen LogP contribution in [0.1, 0.15) is 47.0 Å². The molecule has 2 heterocycles. The highest BCUT2D eigenvalue weighted by atomic mass is 16.7. The van der Waals surface area contributed by atoms with Crippen LogP contribution in [0.2, 0.25) is 0 Å². The van der Waals surface area contributed by atoms with Crippen molar-refractivity contribution in [2.75, 3.05) is 13.1 Å². The summed E-state index contributed by atoms with van der Waals surface area (Å²) in [5.74, 6) is 2.54. The second kappa shape index (κ2) is 6.01. The number of allylic oxidation sites excluding steroid dienone is 1. The molecule has 0 aliphatic carbocycles. The Morgan fingerprint density at radius 1 is 1.24 bits per heavy atom. The predicted molar refractivity (Wildman–Crippen MR) is 82.2 cm³/mol. The lowest BCUT2D eigenvalue weighted by molar-refractivity contribution is 0.00578. The first-order chi connectivity index (χ1) is 9.71. The first-order valence-electron chi connectivity index (χ1n) is 7.71. The van der Waals surface area contributed by atoms with Crippen molar-refractivity contribution in [2.24, 2.45) is 5.92 Å². The van der Waals surface area contributed by atoms with Crippen molar-refractivity contribution in [2.45, 2.75) is 58.2 Å². The summed E-state index contributed by atoms with van der Waals surface area (Å²) in [5.41, 5.74) is -0.594. The van der Waals surface area contributed by atoms with Gasteiger partial charge < -0.3 is 19.3 Å². The highest BCUT2D eigenvalue weighted by Gasteiger charge is 2.49. The highest BCUT2D eigenvalue weighted by Crippen LogP contribution is 2.37. The van der Waals surface area contributed by atoms with Gasteiger partial charge >= 0.3 is 13.2 Å². The molecule has 0 radical (unpaired) electrons. The first-order valence-corrected chi connectivity index (χ1v) is 7.71. The Balaban J connectivity index is 1.76. The Hall–Kier alpha value is -1.01. The van der Waals surface area contributed by atoms with E-state index in [0.717, 1.165) is 19.3 Å². The molecule has 0 aromatic heterocycles. The fourth-order valence-corrected chi connectivity index (χ4v) is 2.71. The third kappa shape index (κ3) is 3.80. The number of likely N-dealkylation sites (tertiary alicyclic amines) is 1. The molecule has 0 unspecified atom stereocenters. The fraction of sp³-hybridized carbons (Fsp3) is 0.800. The zero-order valence-corrected chi connectivity index (χ0v) is 13.5. The van der Waals surface area contributed by atoms with Gasteiger partial charge in [0.1, 0.15) is 0 Å². The minimum atomic E-state index is -0.804. The zero-order valence-electron chi connectivity index (χ0n) is 13.5. The van der Waals surface area contributed by atoms with Crippen molar-refractivity contribution in [3.63, 3.8) is 0 Å². The topological polar surface area (TPSA) is 59.0 Å². The summed E-state index contributed by atoms with van der Waals surface area (Å²) in [5, 5.41) is 8.92. The van der Waals surface area contributed by atoms with Gasteiger partial charge in [0, 0.05) is 13.1 Å². The maximum atomic E-state index is 10.8. The molecule has 2 rings (SSSR count). The molecule has 2 aliphatic heterocycles. The van der Waals surface area contributed by atoms with Crippen molar-refractivity contribution in [3.8, 4) is 0 Å². The van der Waals surface area contributed by atoms with Crippen LogP contribution in [0, 0.1) is 5.92 Å². The molecule has 2 saturated heterocycles. The molecule has 0 aromatic rings. The summed E-state index contributed by atoms with van der Waals surface area (Å²) in [4.78, 5) is 12.3. The molecule has 0 atom stereocenters. The number of hydrogen-bond acceptors (Lipinski definition) is 3. The summed E-state index contributed by atoms with van der Waals surface area (Å²) >= 11 is 0. The van der Waals surface area contributed by atoms with E-state index in [9.17, 15) is 4.79 Å². The third-order valence-corrected chi connectivity index (χ3v) is 4.92. The maximum Gasteiger partial charge on any atom is 0.486 e. The van der Waals surface area contributed by atoms with Crippen molar-refractivity contribution in [1.82, 2.24) is 4.90 Å². The van der Waals surface area contributed by atoms with Crippen molar-refractivity contribution in [1.29, 1.82) is 0 Å². The van der Waals surface area contributed by atoms with Gasteiger partial charge in [-0.05, 0) is 52.9 Å². The van der Waals surface area contributed by atoms with E-state index in [-0.39, 0.29) is 18.3 Å². The SMILES string of the molecule is CC1(C)OB(/C=C/CC2CCN(C(=O)O)CC2)OC1(C)C. The summed E-state index contributed by atoms with van der Waals surface area (Å²) in [6.07, 6.45) is 4.13. The second-order valence-corrected chi connectivity index (χ2v) is 7.00. The fourth-order valence-electron chi connectivity index (χ4n) is 2.71. The van der Waals surface area contributed by atoms with Crippen LogP contribution in [-0.4, -0.2) is 47.5 Å². The molecule has 0 saturated carbocycles. The number of carboxylic acid groups (broad SMARTS) is 1. The van der Waals surface area contributed by atoms with E-state index in [1.807, 2.05) is 33.7 Å². The number of amides is 1. The summed E-state index contributed by atoms with van der Waals surface area (Å²) in [7, 11) is -0.283. The van der Waals surface area contributed by atoms with Crippen LogP contribution in [0.5, 0.6) is 0 Å². The molecule has 0 spiro atoms. The van der Waals surface area contributed by atoms with E-state index in [1.165, 1.54) is 4.90 Å². The molecule has 6 heteroatoms. The summed E-state index contributed by atoms with van der Waals surface area (Å²) in [6.45, 7) is 9.46. The van der Waals surface area contributed by atoms with Gasteiger partial charge in [-0.3, -0.25) is 0 Å². The van der Waals surface area contributed by atoms with Gasteiger partial charge in [0.15, 0.2) is 0 Å². The number of piperidine rings is 1. The van der Waals surface area contributed by atoms with Crippen molar-refractivity contribution < 1.29 is 19.2 Å². The Labute approximate surface area is 127 Å². The van der Waals surface area contributed by atoms with Gasteiger partial charge in [0.25, 0.3) is 0 Å². The van der Waals surface area contributed by atoms with Crippen LogP contribution in [0.15, 0.2) is 12.1 Å². The number of rotatable bonds is 3. The molecule has 1 N–H and O–H groups in total. The molecular weight excluding hydrogens is 269 g/mol. The van der Waals surface area contributed by atoms with E-state index < -0.39 is 6.09 Å².